The lowest BCUT2D eigenvalue weighted by Gasteiger charge is -2.33. The van der Waals surface area contributed by atoms with Gasteiger partial charge in [0.25, 0.3) is 0 Å². The zero-order valence-electron chi connectivity index (χ0n) is 17.7. The van der Waals surface area contributed by atoms with Crippen molar-refractivity contribution in [2.45, 2.75) is 50.9 Å². The van der Waals surface area contributed by atoms with E-state index >= 15 is 0 Å². The normalized spacial score (nSPS) is 18.6. The summed E-state index contributed by atoms with van der Waals surface area (Å²) in [7, 11) is 0. The van der Waals surface area contributed by atoms with Gasteiger partial charge in [0, 0.05) is 16.7 Å². The van der Waals surface area contributed by atoms with Gasteiger partial charge >= 0.3 is 6.18 Å². The molecule has 0 saturated heterocycles. The number of aromatic nitrogens is 2. The third kappa shape index (κ3) is 4.49. The molecule has 1 aliphatic carbocycles. The van der Waals surface area contributed by atoms with Crippen molar-refractivity contribution in [2.24, 2.45) is 5.73 Å². The van der Waals surface area contributed by atoms with Crippen LogP contribution in [0.4, 0.5) is 13.2 Å². The molecule has 4 rings (SSSR count). The summed E-state index contributed by atoms with van der Waals surface area (Å²) in [5, 5.41) is 17.5. The van der Waals surface area contributed by atoms with Gasteiger partial charge < -0.3 is 20.0 Å². The Morgan fingerprint density at radius 1 is 1.09 bits per heavy atom. The van der Waals surface area contributed by atoms with Crippen LogP contribution in [0.25, 0.3) is 22.9 Å². The minimum Gasteiger partial charge on any atom is -0.490 e. The number of benzene rings is 2. The minimum atomic E-state index is -4.59. The van der Waals surface area contributed by atoms with Crippen LogP contribution < -0.4 is 10.5 Å². The number of aliphatic hydroxyl groups excluding tert-OH is 1. The van der Waals surface area contributed by atoms with Crippen molar-refractivity contribution in [3.63, 3.8) is 0 Å². The van der Waals surface area contributed by atoms with Gasteiger partial charge in [0.2, 0.25) is 11.8 Å². The summed E-state index contributed by atoms with van der Waals surface area (Å²) in [4.78, 5) is 0. The molecule has 32 heavy (non-hydrogen) atoms. The lowest BCUT2D eigenvalue weighted by Crippen LogP contribution is -2.48. The summed E-state index contributed by atoms with van der Waals surface area (Å²) < 4.78 is 51.6. The maximum Gasteiger partial charge on any atom is 0.419 e. The number of nitrogens with zero attached hydrogens (tertiary/aromatic N) is 2. The van der Waals surface area contributed by atoms with E-state index in [4.69, 9.17) is 14.9 Å². The maximum atomic E-state index is 13.5. The number of fused-ring (bicyclic) bond motifs is 1. The maximum absolute atomic E-state index is 13.5. The molecule has 0 fully saturated rings. The molecule has 0 spiro atoms. The highest BCUT2D eigenvalue weighted by Gasteiger charge is 2.35. The average molecular weight is 447 g/mol. The summed E-state index contributed by atoms with van der Waals surface area (Å²) >= 11 is 0. The largest absolute Gasteiger partial charge is 0.490 e. The van der Waals surface area contributed by atoms with Gasteiger partial charge in [-0.3, -0.25) is 0 Å². The number of hydrogen-bond donors (Lipinski definition) is 2. The molecule has 6 nitrogen and oxygen atoms in total. The molecule has 170 valence electrons. The van der Waals surface area contributed by atoms with Crippen LogP contribution >= 0.6 is 0 Å². The van der Waals surface area contributed by atoms with Gasteiger partial charge in [-0.05, 0) is 74.6 Å². The summed E-state index contributed by atoms with van der Waals surface area (Å²) in [5.74, 6) is -0.0456. The topological polar surface area (TPSA) is 94.4 Å². The fraction of sp³-hybridized carbons (Fsp3) is 0.391. The molecule has 0 aliphatic heterocycles. The van der Waals surface area contributed by atoms with Gasteiger partial charge in [-0.1, -0.05) is 6.07 Å². The lowest BCUT2D eigenvalue weighted by molar-refractivity contribution is -0.139. The monoisotopic (exact) mass is 447 g/mol. The van der Waals surface area contributed by atoms with Crippen LogP contribution in [0.3, 0.4) is 0 Å². The van der Waals surface area contributed by atoms with Crippen LogP contribution in [-0.2, 0) is 19.0 Å². The smallest absolute Gasteiger partial charge is 0.419 e. The van der Waals surface area contributed by atoms with Crippen LogP contribution in [0.5, 0.6) is 5.75 Å². The third-order valence-corrected chi connectivity index (χ3v) is 5.52. The van der Waals surface area contributed by atoms with Gasteiger partial charge in [0.05, 0.1) is 18.3 Å². The molecule has 1 atom stereocenters. The van der Waals surface area contributed by atoms with Crippen molar-refractivity contribution in [3.8, 4) is 28.7 Å². The van der Waals surface area contributed by atoms with E-state index in [1.54, 1.807) is 19.9 Å². The van der Waals surface area contributed by atoms with E-state index in [2.05, 4.69) is 10.2 Å². The molecule has 3 aromatic rings. The standard InChI is InChI=1S/C23H24F3N3O3/c1-13(2)31-19-6-5-16(10-18(19)23(24,25)26)21-29-28-20(32-21)15-3-4-17-11-22(27,12-30)8-7-14(17)9-15/h3-6,9-10,13,30H,7-8,11-12,27H2,1-2H3. The first-order chi connectivity index (χ1) is 15.1. The fourth-order valence-corrected chi connectivity index (χ4v) is 3.85. The van der Waals surface area contributed by atoms with E-state index in [-0.39, 0.29) is 29.7 Å². The van der Waals surface area contributed by atoms with Crippen LogP contribution in [-0.4, -0.2) is 33.6 Å². The van der Waals surface area contributed by atoms with Gasteiger partial charge in [-0.25, -0.2) is 0 Å². The van der Waals surface area contributed by atoms with Crippen molar-refractivity contribution in [2.75, 3.05) is 6.61 Å². The zero-order valence-corrected chi connectivity index (χ0v) is 17.7. The van der Waals surface area contributed by atoms with Gasteiger partial charge in [0.15, 0.2) is 0 Å². The van der Waals surface area contributed by atoms with Crippen LogP contribution in [0, 0.1) is 0 Å². The highest BCUT2D eigenvalue weighted by Crippen LogP contribution is 2.39. The third-order valence-electron chi connectivity index (χ3n) is 5.52. The van der Waals surface area contributed by atoms with E-state index < -0.39 is 23.4 Å². The first-order valence-electron chi connectivity index (χ1n) is 10.3. The lowest BCUT2D eigenvalue weighted by atomic mass is 9.78. The van der Waals surface area contributed by atoms with Gasteiger partial charge in [0.1, 0.15) is 5.75 Å². The Bertz CT molecular complexity index is 1130. The second-order valence-corrected chi connectivity index (χ2v) is 8.47. The Labute approximate surface area is 183 Å². The molecular weight excluding hydrogens is 423 g/mol. The Morgan fingerprint density at radius 3 is 2.38 bits per heavy atom. The molecule has 1 aliphatic rings. The molecule has 0 radical (unpaired) electrons. The van der Waals surface area contributed by atoms with Crippen LogP contribution in [0.15, 0.2) is 40.8 Å². The molecule has 1 heterocycles. The number of halogens is 3. The molecule has 1 unspecified atom stereocenters. The number of ether oxygens (including phenoxy) is 1. The van der Waals surface area contributed by atoms with E-state index in [0.29, 0.717) is 24.8 Å². The molecule has 1 aromatic heterocycles. The summed E-state index contributed by atoms with van der Waals surface area (Å²) in [6.45, 7) is 3.24. The van der Waals surface area contributed by atoms with Crippen molar-refractivity contribution in [3.05, 3.63) is 53.1 Å². The molecule has 0 saturated carbocycles. The quantitative estimate of drug-likeness (QED) is 0.603. The Kier molecular flexibility index (Phi) is 5.72. The average Bonchev–Trinajstić information content (AvgIpc) is 3.23. The number of hydrogen-bond acceptors (Lipinski definition) is 6. The fourth-order valence-electron chi connectivity index (χ4n) is 3.85. The zero-order chi connectivity index (χ0) is 23.1. The van der Waals surface area contributed by atoms with Gasteiger partial charge in [-0.15, -0.1) is 10.2 Å². The predicted octanol–water partition coefficient (Wildman–Crippen LogP) is 4.39. The predicted molar refractivity (Wildman–Crippen MR) is 112 cm³/mol. The van der Waals surface area contributed by atoms with E-state index in [0.717, 1.165) is 17.2 Å². The van der Waals surface area contributed by atoms with Gasteiger partial charge in [-0.2, -0.15) is 13.2 Å². The number of alkyl halides is 3. The number of nitrogens with two attached hydrogens (primary N) is 1. The van der Waals surface area contributed by atoms with E-state index in [1.807, 2.05) is 12.1 Å². The molecule has 2 aromatic carbocycles. The molecular formula is C23H24F3N3O3. The Hall–Kier alpha value is -2.91. The Balaban J connectivity index is 1.64. The number of aryl methyl sites for hydroxylation is 1. The van der Waals surface area contributed by atoms with Crippen LogP contribution in [0.2, 0.25) is 0 Å². The van der Waals surface area contributed by atoms with E-state index in [1.165, 1.54) is 12.1 Å². The van der Waals surface area contributed by atoms with Crippen molar-refractivity contribution >= 4 is 0 Å². The van der Waals surface area contributed by atoms with Crippen LogP contribution in [0.1, 0.15) is 37.0 Å². The first kappa shape index (κ1) is 22.3. The highest BCUT2D eigenvalue weighted by atomic mass is 19.4. The second-order valence-electron chi connectivity index (χ2n) is 8.47. The molecule has 0 amide bonds. The number of aliphatic hydroxyl groups is 1. The van der Waals surface area contributed by atoms with Crippen molar-refractivity contribution < 1.29 is 27.4 Å². The van der Waals surface area contributed by atoms with Crippen molar-refractivity contribution in [1.29, 1.82) is 0 Å². The summed E-state index contributed by atoms with van der Waals surface area (Å²) in [6.07, 6.45) is -3.07. The highest BCUT2D eigenvalue weighted by molar-refractivity contribution is 5.61. The first-order valence-corrected chi connectivity index (χ1v) is 10.3. The SMILES string of the molecule is CC(C)Oc1ccc(-c2nnc(-c3ccc4c(c3)CCC(N)(CO)C4)o2)cc1C(F)(F)F. The number of rotatable bonds is 5. The molecule has 3 N–H and O–H groups in total. The Morgan fingerprint density at radius 2 is 1.75 bits per heavy atom. The summed E-state index contributed by atoms with van der Waals surface area (Å²) in [5.41, 5.74) is 7.63. The van der Waals surface area contributed by atoms with E-state index in [9.17, 15) is 18.3 Å². The van der Waals surface area contributed by atoms with Crippen molar-refractivity contribution in [1.82, 2.24) is 10.2 Å². The minimum absolute atomic E-state index is 0.0134. The summed E-state index contributed by atoms with van der Waals surface area (Å²) in [6, 6.07) is 9.32. The molecule has 9 heteroatoms. The second kappa shape index (κ2) is 8.22. The molecule has 0 bridgehead atoms.